The first-order valence-electron chi connectivity index (χ1n) is 6.86. The number of hydrogen-bond acceptors (Lipinski definition) is 4. The third-order valence-corrected chi connectivity index (χ3v) is 2.72. The zero-order valence-corrected chi connectivity index (χ0v) is 13.1. The molecule has 0 fully saturated rings. The molecule has 6 heteroatoms. The minimum Gasteiger partial charge on any atom is -0.495 e. The van der Waals surface area contributed by atoms with Gasteiger partial charge in [0.05, 0.1) is 12.8 Å². The van der Waals surface area contributed by atoms with Crippen LogP contribution in [-0.2, 0) is 9.59 Å². The second-order valence-corrected chi connectivity index (χ2v) is 5.13. The Morgan fingerprint density at radius 2 is 1.86 bits per heavy atom. The van der Waals surface area contributed by atoms with Crippen LogP contribution in [-0.4, -0.2) is 31.0 Å². The fourth-order valence-electron chi connectivity index (χ4n) is 1.81. The van der Waals surface area contributed by atoms with E-state index in [4.69, 9.17) is 4.74 Å². The van der Waals surface area contributed by atoms with Crippen LogP contribution in [0.5, 0.6) is 5.75 Å². The molecule has 21 heavy (non-hydrogen) atoms. The van der Waals surface area contributed by atoms with Gasteiger partial charge in [-0.2, -0.15) is 0 Å². The highest BCUT2D eigenvalue weighted by atomic mass is 16.5. The van der Waals surface area contributed by atoms with Gasteiger partial charge in [0.2, 0.25) is 11.8 Å². The highest BCUT2D eigenvalue weighted by Gasteiger charge is 2.15. The SMILES string of the molecule is COc1ccc(NC(C)=O)cc1N[C@H](C)C(=O)NC(C)C. The number of hydrogen-bond donors (Lipinski definition) is 3. The molecule has 0 aliphatic rings. The molecule has 0 aliphatic carbocycles. The van der Waals surface area contributed by atoms with E-state index in [2.05, 4.69) is 16.0 Å². The third-order valence-electron chi connectivity index (χ3n) is 2.72. The fourth-order valence-corrected chi connectivity index (χ4v) is 1.81. The normalized spacial score (nSPS) is 11.7. The van der Waals surface area contributed by atoms with Crippen molar-refractivity contribution in [2.45, 2.75) is 39.8 Å². The Labute approximate surface area is 125 Å². The molecule has 0 bridgehead atoms. The van der Waals surface area contributed by atoms with Crippen LogP contribution in [0.3, 0.4) is 0 Å². The fraction of sp³-hybridized carbons (Fsp3) is 0.467. The number of anilines is 2. The second kappa shape index (κ2) is 7.52. The number of ether oxygens (including phenoxy) is 1. The summed E-state index contributed by atoms with van der Waals surface area (Å²) in [5, 5.41) is 8.62. The number of rotatable bonds is 6. The lowest BCUT2D eigenvalue weighted by molar-refractivity contribution is -0.122. The van der Waals surface area contributed by atoms with Gasteiger partial charge in [0, 0.05) is 18.7 Å². The molecular weight excluding hydrogens is 270 g/mol. The molecule has 116 valence electrons. The van der Waals surface area contributed by atoms with Crippen LogP contribution in [0.4, 0.5) is 11.4 Å². The smallest absolute Gasteiger partial charge is 0.242 e. The van der Waals surface area contributed by atoms with E-state index in [1.54, 1.807) is 32.2 Å². The van der Waals surface area contributed by atoms with E-state index in [1.807, 2.05) is 13.8 Å². The highest BCUT2D eigenvalue weighted by molar-refractivity contribution is 5.90. The molecule has 2 amide bonds. The van der Waals surface area contributed by atoms with Crippen LogP contribution in [0.15, 0.2) is 18.2 Å². The van der Waals surface area contributed by atoms with Crippen molar-refractivity contribution in [1.82, 2.24) is 5.32 Å². The van der Waals surface area contributed by atoms with Crippen molar-refractivity contribution >= 4 is 23.2 Å². The quantitative estimate of drug-likeness (QED) is 0.749. The van der Waals surface area contributed by atoms with Gasteiger partial charge in [0.25, 0.3) is 0 Å². The average Bonchev–Trinajstić information content (AvgIpc) is 2.37. The van der Waals surface area contributed by atoms with Crippen LogP contribution in [0.2, 0.25) is 0 Å². The van der Waals surface area contributed by atoms with Crippen molar-refractivity contribution in [3.8, 4) is 5.75 Å². The average molecular weight is 293 g/mol. The van der Waals surface area contributed by atoms with Gasteiger partial charge in [-0.25, -0.2) is 0 Å². The number of carbonyl (C=O) groups excluding carboxylic acids is 2. The number of carbonyl (C=O) groups is 2. The Morgan fingerprint density at radius 3 is 2.38 bits per heavy atom. The van der Waals surface area contributed by atoms with Gasteiger partial charge in [-0.05, 0) is 39.0 Å². The minimum absolute atomic E-state index is 0.0781. The number of benzene rings is 1. The van der Waals surface area contributed by atoms with Crippen LogP contribution >= 0.6 is 0 Å². The summed E-state index contributed by atoms with van der Waals surface area (Å²) in [7, 11) is 1.55. The summed E-state index contributed by atoms with van der Waals surface area (Å²) in [4.78, 5) is 23.0. The number of nitrogens with one attached hydrogen (secondary N) is 3. The van der Waals surface area contributed by atoms with Gasteiger partial charge in [-0.3, -0.25) is 9.59 Å². The molecule has 1 aromatic carbocycles. The van der Waals surface area contributed by atoms with Crippen molar-refractivity contribution < 1.29 is 14.3 Å². The van der Waals surface area contributed by atoms with Crippen molar-refractivity contribution in [3.05, 3.63) is 18.2 Å². The van der Waals surface area contributed by atoms with E-state index in [-0.39, 0.29) is 17.9 Å². The van der Waals surface area contributed by atoms with Crippen LogP contribution in [0.25, 0.3) is 0 Å². The highest BCUT2D eigenvalue weighted by Crippen LogP contribution is 2.28. The first kappa shape index (κ1) is 16.8. The summed E-state index contributed by atoms with van der Waals surface area (Å²) in [6.07, 6.45) is 0. The number of amides is 2. The molecule has 0 saturated heterocycles. The maximum absolute atomic E-state index is 11.9. The van der Waals surface area contributed by atoms with Gasteiger partial charge in [0.15, 0.2) is 0 Å². The molecule has 0 unspecified atom stereocenters. The zero-order chi connectivity index (χ0) is 16.0. The molecule has 1 aromatic rings. The van der Waals surface area contributed by atoms with Crippen LogP contribution in [0.1, 0.15) is 27.7 Å². The Balaban J connectivity index is 2.88. The van der Waals surface area contributed by atoms with Crippen LogP contribution in [0, 0.1) is 0 Å². The molecule has 6 nitrogen and oxygen atoms in total. The molecule has 0 aliphatic heterocycles. The van der Waals surface area contributed by atoms with E-state index < -0.39 is 6.04 Å². The first-order valence-corrected chi connectivity index (χ1v) is 6.86. The third kappa shape index (κ3) is 5.33. The zero-order valence-electron chi connectivity index (χ0n) is 13.1. The minimum atomic E-state index is -0.422. The van der Waals surface area contributed by atoms with Crippen molar-refractivity contribution in [3.63, 3.8) is 0 Å². The maximum Gasteiger partial charge on any atom is 0.242 e. The van der Waals surface area contributed by atoms with E-state index in [0.29, 0.717) is 17.1 Å². The van der Waals surface area contributed by atoms with Gasteiger partial charge in [-0.15, -0.1) is 0 Å². The predicted octanol–water partition coefficient (Wildman–Crippen LogP) is 1.98. The molecule has 0 saturated carbocycles. The van der Waals surface area contributed by atoms with E-state index in [9.17, 15) is 9.59 Å². The lowest BCUT2D eigenvalue weighted by Crippen LogP contribution is -2.41. The van der Waals surface area contributed by atoms with E-state index >= 15 is 0 Å². The summed E-state index contributed by atoms with van der Waals surface area (Å²) in [6, 6.07) is 4.87. The van der Waals surface area contributed by atoms with E-state index in [0.717, 1.165) is 0 Å². The summed E-state index contributed by atoms with van der Waals surface area (Å²) in [6.45, 7) is 7.02. The van der Waals surface area contributed by atoms with Crippen molar-refractivity contribution in [2.75, 3.05) is 17.7 Å². The summed E-state index contributed by atoms with van der Waals surface area (Å²) in [5.41, 5.74) is 1.29. The standard InChI is InChI=1S/C15H23N3O3/c1-9(2)16-15(20)10(3)17-13-8-12(18-11(4)19)6-7-14(13)21-5/h6-10,17H,1-5H3,(H,16,20)(H,18,19)/t10-/m1/s1. The molecule has 0 radical (unpaired) electrons. The largest absolute Gasteiger partial charge is 0.495 e. The predicted molar refractivity (Wildman–Crippen MR) is 83.7 cm³/mol. The second-order valence-electron chi connectivity index (χ2n) is 5.13. The summed E-state index contributed by atoms with van der Waals surface area (Å²) < 4.78 is 5.26. The molecule has 0 spiro atoms. The lowest BCUT2D eigenvalue weighted by Gasteiger charge is -2.19. The molecule has 3 N–H and O–H groups in total. The lowest BCUT2D eigenvalue weighted by atomic mass is 10.2. The molecule has 1 rings (SSSR count). The van der Waals surface area contributed by atoms with Crippen molar-refractivity contribution in [1.29, 1.82) is 0 Å². The Kier molecular flexibility index (Phi) is 6.02. The molecular formula is C15H23N3O3. The van der Waals surface area contributed by atoms with Gasteiger partial charge in [-0.1, -0.05) is 0 Å². The maximum atomic E-state index is 11.9. The topological polar surface area (TPSA) is 79.5 Å². The van der Waals surface area contributed by atoms with Gasteiger partial charge >= 0.3 is 0 Å². The Morgan fingerprint density at radius 1 is 1.19 bits per heavy atom. The van der Waals surface area contributed by atoms with Crippen LogP contribution < -0.4 is 20.7 Å². The number of methoxy groups -OCH3 is 1. The van der Waals surface area contributed by atoms with E-state index in [1.165, 1.54) is 6.92 Å². The molecule has 1 atom stereocenters. The monoisotopic (exact) mass is 293 g/mol. The van der Waals surface area contributed by atoms with Crippen molar-refractivity contribution in [2.24, 2.45) is 0 Å². The molecule has 0 aromatic heterocycles. The Hall–Kier alpha value is -2.24. The first-order chi connectivity index (χ1) is 9.83. The van der Waals surface area contributed by atoms with Gasteiger partial charge in [0.1, 0.15) is 11.8 Å². The Bertz CT molecular complexity index is 515. The molecule has 0 heterocycles. The summed E-state index contributed by atoms with van der Waals surface area (Å²) >= 11 is 0. The van der Waals surface area contributed by atoms with Gasteiger partial charge < -0.3 is 20.7 Å². The summed E-state index contributed by atoms with van der Waals surface area (Å²) in [5.74, 6) is 0.349.